The second-order valence-electron chi connectivity index (χ2n) is 4.33. The van der Waals surface area contributed by atoms with Gasteiger partial charge in [0.25, 0.3) is 5.91 Å². The Morgan fingerprint density at radius 1 is 1.44 bits per heavy atom. The fourth-order valence-electron chi connectivity index (χ4n) is 1.66. The molecule has 1 saturated carbocycles. The number of benzene rings is 1. The number of halogens is 1. The molecule has 1 fully saturated rings. The van der Waals surface area contributed by atoms with Gasteiger partial charge in [-0.05, 0) is 31.0 Å². The Bertz CT molecular complexity index is 596. The predicted molar refractivity (Wildman–Crippen MR) is 62.9 cm³/mol. The van der Waals surface area contributed by atoms with Crippen LogP contribution in [0.5, 0.6) is 0 Å². The van der Waals surface area contributed by atoms with Crippen LogP contribution in [0.1, 0.15) is 23.2 Å². The standard InChI is InChI=1S/C11H13FN2O3S/c1-14(7-2-3-7)11(15)9-6-8(18(13,16)17)4-5-10(9)12/h4-7H,2-3H2,1H3,(H2,13,16,17). The van der Waals surface area contributed by atoms with Gasteiger partial charge >= 0.3 is 0 Å². The van der Waals surface area contributed by atoms with Crippen LogP contribution in [0.4, 0.5) is 4.39 Å². The predicted octanol–water partition coefficient (Wildman–Crippen LogP) is 0.707. The van der Waals surface area contributed by atoms with Gasteiger partial charge < -0.3 is 4.90 Å². The maximum absolute atomic E-state index is 13.6. The van der Waals surface area contributed by atoms with E-state index in [9.17, 15) is 17.6 Å². The Morgan fingerprint density at radius 3 is 2.56 bits per heavy atom. The summed E-state index contributed by atoms with van der Waals surface area (Å²) in [6.07, 6.45) is 1.78. The fourth-order valence-corrected chi connectivity index (χ4v) is 2.20. The SMILES string of the molecule is CN(C(=O)c1cc(S(N)(=O)=O)ccc1F)C1CC1. The van der Waals surface area contributed by atoms with E-state index in [4.69, 9.17) is 5.14 Å². The molecular weight excluding hydrogens is 259 g/mol. The van der Waals surface area contributed by atoms with Crippen LogP contribution in [0.15, 0.2) is 23.1 Å². The van der Waals surface area contributed by atoms with Crippen molar-refractivity contribution in [2.75, 3.05) is 7.05 Å². The van der Waals surface area contributed by atoms with E-state index >= 15 is 0 Å². The van der Waals surface area contributed by atoms with Crippen molar-refractivity contribution in [3.8, 4) is 0 Å². The molecule has 2 rings (SSSR count). The number of nitrogens with two attached hydrogens (primary N) is 1. The fraction of sp³-hybridized carbons (Fsp3) is 0.364. The first-order valence-electron chi connectivity index (χ1n) is 5.40. The smallest absolute Gasteiger partial charge is 0.256 e. The van der Waals surface area contributed by atoms with Gasteiger partial charge in [0.15, 0.2) is 0 Å². The lowest BCUT2D eigenvalue weighted by atomic mass is 10.2. The van der Waals surface area contributed by atoms with E-state index in [2.05, 4.69) is 0 Å². The van der Waals surface area contributed by atoms with Crippen LogP contribution in [0.2, 0.25) is 0 Å². The molecule has 7 heteroatoms. The summed E-state index contributed by atoms with van der Waals surface area (Å²) < 4.78 is 35.9. The third-order valence-electron chi connectivity index (χ3n) is 2.91. The Morgan fingerprint density at radius 2 is 2.06 bits per heavy atom. The minimum Gasteiger partial charge on any atom is -0.339 e. The summed E-state index contributed by atoms with van der Waals surface area (Å²) in [6.45, 7) is 0. The number of nitrogens with zero attached hydrogens (tertiary/aromatic N) is 1. The molecule has 1 aliphatic carbocycles. The largest absolute Gasteiger partial charge is 0.339 e. The third kappa shape index (κ3) is 2.51. The van der Waals surface area contributed by atoms with Gasteiger partial charge in [0.2, 0.25) is 10.0 Å². The van der Waals surface area contributed by atoms with Crippen LogP contribution in [0, 0.1) is 5.82 Å². The highest BCUT2D eigenvalue weighted by Gasteiger charge is 2.31. The quantitative estimate of drug-likeness (QED) is 0.879. The van der Waals surface area contributed by atoms with E-state index < -0.39 is 21.7 Å². The maximum Gasteiger partial charge on any atom is 0.256 e. The highest BCUT2D eigenvalue weighted by atomic mass is 32.2. The molecule has 0 aromatic heterocycles. The average molecular weight is 272 g/mol. The minimum absolute atomic E-state index is 0.120. The normalized spacial score (nSPS) is 15.5. The van der Waals surface area contributed by atoms with Gasteiger partial charge in [-0.3, -0.25) is 4.79 Å². The second kappa shape index (κ2) is 4.33. The zero-order valence-electron chi connectivity index (χ0n) is 9.76. The molecule has 2 N–H and O–H groups in total. The number of carbonyl (C=O) groups is 1. The summed E-state index contributed by atoms with van der Waals surface area (Å²) in [7, 11) is -2.37. The molecule has 5 nitrogen and oxygen atoms in total. The molecule has 0 heterocycles. The third-order valence-corrected chi connectivity index (χ3v) is 3.82. The number of hydrogen-bond donors (Lipinski definition) is 1. The highest BCUT2D eigenvalue weighted by molar-refractivity contribution is 7.89. The summed E-state index contributed by atoms with van der Waals surface area (Å²) >= 11 is 0. The Kier molecular flexibility index (Phi) is 3.12. The zero-order chi connectivity index (χ0) is 13.5. The van der Waals surface area contributed by atoms with Gasteiger partial charge in [-0.2, -0.15) is 0 Å². The number of sulfonamides is 1. The first kappa shape index (κ1) is 13.0. The summed E-state index contributed by atoms with van der Waals surface area (Å²) in [5.41, 5.74) is -0.268. The number of amides is 1. The van der Waals surface area contributed by atoms with Crippen molar-refractivity contribution in [2.45, 2.75) is 23.8 Å². The number of rotatable bonds is 3. The van der Waals surface area contributed by atoms with Crippen molar-refractivity contribution in [2.24, 2.45) is 5.14 Å². The van der Waals surface area contributed by atoms with Crippen molar-refractivity contribution in [3.05, 3.63) is 29.6 Å². The van der Waals surface area contributed by atoms with Crippen LogP contribution < -0.4 is 5.14 Å². The molecule has 1 aromatic rings. The molecule has 0 saturated heterocycles. The van der Waals surface area contributed by atoms with Gasteiger partial charge in [-0.1, -0.05) is 0 Å². The average Bonchev–Trinajstić information content (AvgIpc) is 3.10. The number of primary sulfonamides is 1. The molecule has 0 radical (unpaired) electrons. The van der Waals surface area contributed by atoms with Gasteiger partial charge in [0, 0.05) is 13.1 Å². The molecule has 0 spiro atoms. The lowest BCUT2D eigenvalue weighted by Gasteiger charge is -2.16. The number of hydrogen-bond acceptors (Lipinski definition) is 3. The lowest BCUT2D eigenvalue weighted by Crippen LogP contribution is -2.29. The first-order chi connectivity index (χ1) is 8.30. The van der Waals surface area contributed by atoms with E-state index in [1.54, 1.807) is 7.05 Å². The molecule has 18 heavy (non-hydrogen) atoms. The zero-order valence-corrected chi connectivity index (χ0v) is 10.6. The molecule has 1 aliphatic rings. The molecule has 1 aromatic carbocycles. The van der Waals surface area contributed by atoms with Crippen LogP contribution in [-0.2, 0) is 10.0 Å². The Balaban J connectivity index is 2.40. The molecule has 0 atom stereocenters. The first-order valence-corrected chi connectivity index (χ1v) is 6.95. The van der Waals surface area contributed by atoms with E-state index in [0.717, 1.165) is 31.0 Å². The lowest BCUT2D eigenvalue weighted by molar-refractivity contribution is 0.0780. The second-order valence-corrected chi connectivity index (χ2v) is 5.90. The highest BCUT2D eigenvalue weighted by Crippen LogP contribution is 2.27. The molecule has 0 unspecified atom stereocenters. The van der Waals surface area contributed by atoms with Crippen LogP contribution in [0.25, 0.3) is 0 Å². The monoisotopic (exact) mass is 272 g/mol. The maximum atomic E-state index is 13.6. The van der Waals surface area contributed by atoms with Crippen molar-refractivity contribution >= 4 is 15.9 Å². The van der Waals surface area contributed by atoms with E-state index in [1.165, 1.54) is 4.90 Å². The van der Waals surface area contributed by atoms with E-state index in [-0.39, 0.29) is 16.5 Å². The summed E-state index contributed by atoms with van der Waals surface area (Å²) in [5, 5.41) is 4.95. The summed E-state index contributed by atoms with van der Waals surface area (Å²) in [4.78, 5) is 13.1. The van der Waals surface area contributed by atoms with Crippen molar-refractivity contribution in [1.29, 1.82) is 0 Å². The van der Waals surface area contributed by atoms with E-state index in [1.807, 2.05) is 0 Å². The Labute approximate surface area is 104 Å². The topological polar surface area (TPSA) is 80.5 Å². The summed E-state index contributed by atoms with van der Waals surface area (Å²) in [5.74, 6) is -1.28. The molecule has 0 aliphatic heterocycles. The number of carbonyl (C=O) groups excluding carboxylic acids is 1. The van der Waals surface area contributed by atoms with E-state index in [0.29, 0.717) is 0 Å². The van der Waals surface area contributed by atoms with Crippen molar-refractivity contribution in [1.82, 2.24) is 4.90 Å². The van der Waals surface area contributed by atoms with Gasteiger partial charge in [0.05, 0.1) is 10.5 Å². The molecule has 0 bridgehead atoms. The van der Waals surface area contributed by atoms with Crippen molar-refractivity contribution in [3.63, 3.8) is 0 Å². The van der Waals surface area contributed by atoms with Gasteiger partial charge in [0.1, 0.15) is 5.82 Å². The van der Waals surface area contributed by atoms with Crippen LogP contribution in [-0.4, -0.2) is 32.3 Å². The molecule has 98 valence electrons. The molecule has 1 amide bonds. The van der Waals surface area contributed by atoms with Crippen molar-refractivity contribution < 1.29 is 17.6 Å². The Hall–Kier alpha value is -1.47. The minimum atomic E-state index is -3.94. The molecular formula is C11H13FN2O3S. The summed E-state index contributed by atoms with van der Waals surface area (Å²) in [6, 6.07) is 3.08. The van der Waals surface area contributed by atoms with Gasteiger partial charge in [-0.25, -0.2) is 17.9 Å². The van der Waals surface area contributed by atoms with Crippen LogP contribution >= 0.6 is 0 Å². The van der Waals surface area contributed by atoms with Gasteiger partial charge in [-0.15, -0.1) is 0 Å². The van der Waals surface area contributed by atoms with Crippen LogP contribution in [0.3, 0.4) is 0 Å².